The second-order valence-corrected chi connectivity index (χ2v) is 8.11. The van der Waals surface area contributed by atoms with Crippen LogP contribution in [0.1, 0.15) is 25.0 Å². The van der Waals surface area contributed by atoms with Gasteiger partial charge >= 0.3 is 6.03 Å². The number of amides is 2. The summed E-state index contributed by atoms with van der Waals surface area (Å²) < 4.78 is 0. The van der Waals surface area contributed by atoms with Crippen molar-refractivity contribution in [1.29, 1.82) is 0 Å². The monoisotopic (exact) mass is 359 g/mol. The molecule has 2 aromatic rings. The molecule has 0 spiro atoms. The quantitative estimate of drug-likeness (QED) is 0.757. The second kappa shape index (κ2) is 9.02. The number of carbonyl (C=O) groups excluding carboxylic acids is 1. The highest BCUT2D eigenvalue weighted by Gasteiger charge is 2.22. The number of hydrogen-bond donors (Lipinski definition) is 2. The van der Waals surface area contributed by atoms with Gasteiger partial charge in [0.1, 0.15) is 0 Å². The van der Waals surface area contributed by atoms with Crippen LogP contribution in [0.2, 0.25) is 0 Å². The van der Waals surface area contributed by atoms with Crippen LogP contribution in [0.5, 0.6) is 0 Å². The Morgan fingerprint density at radius 1 is 1.16 bits per heavy atom. The standard InChI is InChI=1S/C20H29N3OS/c1-20(2,13-17-10-11-25-15-17)22-19(24)21-14-18(23(3)4)12-16-8-6-5-7-9-16/h5-11,15,18H,12-14H2,1-4H3,(H2,21,22,24). The van der Waals surface area contributed by atoms with Crippen molar-refractivity contribution >= 4 is 17.4 Å². The molecular weight excluding hydrogens is 330 g/mol. The molecule has 0 radical (unpaired) electrons. The van der Waals surface area contributed by atoms with Crippen molar-refractivity contribution in [3.8, 4) is 0 Å². The van der Waals surface area contributed by atoms with Gasteiger partial charge in [0, 0.05) is 18.1 Å². The molecule has 25 heavy (non-hydrogen) atoms. The zero-order chi connectivity index (χ0) is 18.3. The highest BCUT2D eigenvalue weighted by atomic mass is 32.1. The minimum atomic E-state index is -0.280. The van der Waals surface area contributed by atoms with Crippen LogP contribution in [0.3, 0.4) is 0 Å². The first kappa shape index (κ1) is 19.5. The first-order valence-electron chi connectivity index (χ1n) is 8.63. The van der Waals surface area contributed by atoms with E-state index in [0.717, 1.165) is 12.8 Å². The summed E-state index contributed by atoms with van der Waals surface area (Å²) in [6.07, 6.45) is 1.73. The first-order chi connectivity index (χ1) is 11.9. The maximum atomic E-state index is 12.3. The van der Waals surface area contributed by atoms with Crippen LogP contribution in [-0.2, 0) is 12.8 Å². The molecule has 2 N–H and O–H groups in total. The van der Waals surface area contributed by atoms with Gasteiger partial charge in [0.25, 0.3) is 0 Å². The van der Waals surface area contributed by atoms with E-state index in [0.29, 0.717) is 6.54 Å². The Bertz CT molecular complexity index is 638. The Kier molecular flexibility index (Phi) is 7.02. The lowest BCUT2D eigenvalue weighted by atomic mass is 9.97. The SMILES string of the molecule is CN(C)C(CNC(=O)NC(C)(C)Cc1ccsc1)Cc1ccccc1. The van der Waals surface area contributed by atoms with Gasteiger partial charge in [-0.25, -0.2) is 4.79 Å². The average Bonchev–Trinajstić information content (AvgIpc) is 3.03. The van der Waals surface area contributed by atoms with Gasteiger partial charge in [-0.15, -0.1) is 0 Å². The molecule has 1 aromatic heterocycles. The van der Waals surface area contributed by atoms with E-state index in [-0.39, 0.29) is 17.6 Å². The fourth-order valence-electron chi connectivity index (χ4n) is 2.83. The maximum Gasteiger partial charge on any atom is 0.315 e. The van der Waals surface area contributed by atoms with Crippen molar-refractivity contribution in [2.45, 2.75) is 38.3 Å². The van der Waals surface area contributed by atoms with E-state index in [4.69, 9.17) is 0 Å². The van der Waals surface area contributed by atoms with E-state index >= 15 is 0 Å². The largest absolute Gasteiger partial charge is 0.337 e. The number of carbonyl (C=O) groups is 1. The molecule has 4 nitrogen and oxygen atoms in total. The lowest BCUT2D eigenvalue weighted by Crippen LogP contribution is -2.52. The molecule has 0 aliphatic carbocycles. The molecule has 0 saturated carbocycles. The maximum absolute atomic E-state index is 12.3. The van der Waals surface area contributed by atoms with Gasteiger partial charge in [0.15, 0.2) is 0 Å². The van der Waals surface area contributed by atoms with Crippen molar-refractivity contribution in [2.75, 3.05) is 20.6 Å². The van der Waals surface area contributed by atoms with Crippen molar-refractivity contribution in [2.24, 2.45) is 0 Å². The third-order valence-electron chi connectivity index (χ3n) is 4.22. The summed E-state index contributed by atoms with van der Waals surface area (Å²) in [4.78, 5) is 14.5. The van der Waals surface area contributed by atoms with Crippen LogP contribution >= 0.6 is 11.3 Å². The minimum absolute atomic E-state index is 0.111. The van der Waals surface area contributed by atoms with Crippen molar-refractivity contribution < 1.29 is 4.79 Å². The highest BCUT2D eigenvalue weighted by molar-refractivity contribution is 7.07. The van der Waals surface area contributed by atoms with Gasteiger partial charge in [-0.2, -0.15) is 11.3 Å². The van der Waals surface area contributed by atoms with Crippen molar-refractivity contribution in [1.82, 2.24) is 15.5 Å². The molecular formula is C20H29N3OS. The van der Waals surface area contributed by atoms with Gasteiger partial charge in [-0.3, -0.25) is 0 Å². The second-order valence-electron chi connectivity index (χ2n) is 7.33. The van der Waals surface area contributed by atoms with Crippen LogP contribution in [0, 0.1) is 0 Å². The van der Waals surface area contributed by atoms with E-state index in [2.05, 4.69) is 70.5 Å². The van der Waals surface area contributed by atoms with Crippen molar-refractivity contribution in [3.05, 3.63) is 58.3 Å². The summed E-state index contributed by atoms with van der Waals surface area (Å²) in [5.74, 6) is 0. The molecule has 2 amide bonds. The number of benzene rings is 1. The van der Waals surface area contributed by atoms with Gasteiger partial charge in [-0.1, -0.05) is 30.3 Å². The fraction of sp³-hybridized carbons (Fsp3) is 0.450. The molecule has 0 aliphatic rings. The van der Waals surface area contributed by atoms with Crippen LogP contribution in [0.25, 0.3) is 0 Å². The molecule has 0 saturated heterocycles. The number of rotatable bonds is 8. The summed E-state index contributed by atoms with van der Waals surface area (Å²) in [5, 5.41) is 10.3. The molecule has 2 rings (SSSR count). The Balaban J connectivity index is 1.83. The number of urea groups is 1. The Hall–Kier alpha value is -1.85. The van der Waals surface area contributed by atoms with Gasteiger partial charge < -0.3 is 15.5 Å². The lowest BCUT2D eigenvalue weighted by Gasteiger charge is -2.28. The van der Waals surface area contributed by atoms with Crippen LogP contribution in [0.4, 0.5) is 4.79 Å². The number of thiophene rings is 1. The average molecular weight is 360 g/mol. The lowest BCUT2D eigenvalue weighted by molar-refractivity contribution is 0.222. The molecule has 5 heteroatoms. The summed E-state index contributed by atoms with van der Waals surface area (Å²) in [7, 11) is 4.10. The Labute approximate surface area is 155 Å². The van der Waals surface area contributed by atoms with Crippen molar-refractivity contribution in [3.63, 3.8) is 0 Å². The first-order valence-corrected chi connectivity index (χ1v) is 9.57. The molecule has 1 aromatic carbocycles. The zero-order valence-electron chi connectivity index (χ0n) is 15.6. The van der Waals surface area contributed by atoms with E-state index in [1.165, 1.54) is 11.1 Å². The van der Waals surface area contributed by atoms with E-state index in [1.54, 1.807) is 11.3 Å². The number of hydrogen-bond acceptors (Lipinski definition) is 3. The molecule has 0 aliphatic heterocycles. The minimum Gasteiger partial charge on any atom is -0.337 e. The van der Waals surface area contributed by atoms with E-state index in [1.807, 2.05) is 20.2 Å². The number of nitrogens with zero attached hydrogens (tertiary/aromatic N) is 1. The van der Waals surface area contributed by atoms with E-state index in [9.17, 15) is 4.79 Å². The smallest absolute Gasteiger partial charge is 0.315 e. The van der Waals surface area contributed by atoms with Crippen LogP contribution in [-0.4, -0.2) is 43.2 Å². The van der Waals surface area contributed by atoms with Crippen LogP contribution in [0.15, 0.2) is 47.2 Å². The third-order valence-corrected chi connectivity index (χ3v) is 4.95. The molecule has 1 heterocycles. The summed E-state index contributed by atoms with van der Waals surface area (Å²) in [6, 6.07) is 12.6. The van der Waals surface area contributed by atoms with Gasteiger partial charge in [0.05, 0.1) is 0 Å². The predicted molar refractivity (Wildman–Crippen MR) is 106 cm³/mol. The molecule has 1 unspecified atom stereocenters. The highest BCUT2D eigenvalue weighted by Crippen LogP contribution is 2.15. The fourth-order valence-corrected chi connectivity index (χ4v) is 3.50. The third kappa shape index (κ3) is 6.88. The summed E-state index contributed by atoms with van der Waals surface area (Å²) in [6.45, 7) is 4.72. The van der Waals surface area contributed by atoms with Gasteiger partial charge in [-0.05, 0) is 68.7 Å². The normalized spacial score (nSPS) is 12.8. The number of nitrogens with one attached hydrogen (secondary N) is 2. The topological polar surface area (TPSA) is 44.4 Å². The molecule has 136 valence electrons. The Morgan fingerprint density at radius 2 is 1.88 bits per heavy atom. The zero-order valence-corrected chi connectivity index (χ0v) is 16.4. The number of likely N-dealkylation sites (N-methyl/N-ethyl adjacent to an activating group) is 1. The van der Waals surface area contributed by atoms with E-state index < -0.39 is 0 Å². The Morgan fingerprint density at radius 3 is 2.48 bits per heavy atom. The van der Waals surface area contributed by atoms with Gasteiger partial charge in [0.2, 0.25) is 0 Å². The predicted octanol–water partition coefficient (Wildman–Crippen LogP) is 3.54. The van der Waals surface area contributed by atoms with Crippen LogP contribution < -0.4 is 10.6 Å². The molecule has 0 bridgehead atoms. The molecule has 0 fully saturated rings. The summed E-state index contributed by atoms with van der Waals surface area (Å²) in [5.41, 5.74) is 2.25. The molecule has 1 atom stereocenters. The summed E-state index contributed by atoms with van der Waals surface area (Å²) >= 11 is 1.68.